The second-order valence-corrected chi connectivity index (χ2v) is 13.5. The summed E-state index contributed by atoms with van der Waals surface area (Å²) in [5.41, 5.74) is -4.31. The molecule has 0 aliphatic heterocycles. The third-order valence-electron chi connectivity index (χ3n) is 10.8. The van der Waals surface area contributed by atoms with Gasteiger partial charge >= 0.3 is 0 Å². The van der Waals surface area contributed by atoms with E-state index in [2.05, 4.69) is 0 Å². The lowest BCUT2D eigenvalue weighted by atomic mass is 9.41. The summed E-state index contributed by atoms with van der Waals surface area (Å²) in [7, 11) is 0. The molecular formula is C28H46O7. The predicted octanol–water partition coefficient (Wildman–Crippen LogP) is 2.24. The molecule has 4 aliphatic carbocycles. The molecule has 4 rings (SSSR count). The summed E-state index contributed by atoms with van der Waals surface area (Å²) in [6.45, 7) is 9.01. The van der Waals surface area contributed by atoms with Crippen LogP contribution in [0, 0.1) is 28.6 Å². The molecular weight excluding hydrogens is 448 g/mol. The highest BCUT2D eigenvalue weighted by Crippen LogP contribution is 2.67. The summed E-state index contributed by atoms with van der Waals surface area (Å²) < 4.78 is 0. The lowest BCUT2D eigenvalue weighted by molar-refractivity contribution is -0.220. The van der Waals surface area contributed by atoms with Crippen LogP contribution < -0.4 is 0 Å². The molecule has 6 N–H and O–H groups in total. The average molecular weight is 495 g/mol. The molecule has 0 saturated heterocycles. The van der Waals surface area contributed by atoms with Crippen molar-refractivity contribution in [2.75, 3.05) is 0 Å². The van der Waals surface area contributed by atoms with Crippen molar-refractivity contribution in [3.8, 4) is 0 Å². The highest BCUT2D eigenvalue weighted by Gasteiger charge is 2.67. The molecule has 4 aliphatic rings. The zero-order valence-corrected chi connectivity index (χ0v) is 22.0. The normalized spacial score (nSPS) is 46.5. The molecule has 3 saturated carbocycles. The molecule has 3 fully saturated rings. The fraction of sp³-hybridized carbons (Fsp3) is 0.893. The van der Waals surface area contributed by atoms with E-state index in [9.17, 15) is 35.4 Å². The van der Waals surface area contributed by atoms with Crippen LogP contribution in [0.3, 0.4) is 0 Å². The maximum absolute atomic E-state index is 13.3. The minimum atomic E-state index is -1.47. The van der Waals surface area contributed by atoms with E-state index in [-0.39, 0.29) is 30.5 Å². The molecule has 7 nitrogen and oxygen atoms in total. The molecule has 0 aromatic heterocycles. The van der Waals surface area contributed by atoms with Gasteiger partial charge in [0.25, 0.3) is 0 Å². The zero-order chi connectivity index (χ0) is 26.2. The Labute approximate surface area is 209 Å². The van der Waals surface area contributed by atoms with Gasteiger partial charge in [-0.25, -0.2) is 0 Å². The van der Waals surface area contributed by atoms with E-state index in [1.807, 2.05) is 13.8 Å². The largest absolute Gasteiger partial charge is 0.390 e. The highest BCUT2D eigenvalue weighted by atomic mass is 16.3. The van der Waals surface area contributed by atoms with Gasteiger partial charge in [-0.15, -0.1) is 0 Å². The number of hydrogen-bond acceptors (Lipinski definition) is 7. The quantitative estimate of drug-likeness (QED) is 0.345. The fourth-order valence-electron chi connectivity index (χ4n) is 8.53. The molecule has 7 heteroatoms. The van der Waals surface area contributed by atoms with Gasteiger partial charge in [0, 0.05) is 11.3 Å². The number of allylic oxidation sites excluding steroid dienone is 1. The van der Waals surface area contributed by atoms with Gasteiger partial charge in [-0.2, -0.15) is 0 Å². The van der Waals surface area contributed by atoms with Crippen LogP contribution in [-0.2, 0) is 4.79 Å². The van der Waals surface area contributed by atoms with Crippen molar-refractivity contribution in [3.63, 3.8) is 0 Å². The zero-order valence-electron chi connectivity index (χ0n) is 22.0. The Bertz CT molecular complexity index is 875. The first kappa shape index (κ1) is 27.2. The van der Waals surface area contributed by atoms with Gasteiger partial charge in [-0.1, -0.05) is 13.8 Å². The number of ketones is 1. The monoisotopic (exact) mass is 494 g/mol. The van der Waals surface area contributed by atoms with Crippen LogP contribution in [-0.4, -0.2) is 71.5 Å². The van der Waals surface area contributed by atoms with E-state index >= 15 is 0 Å². The standard InChI is InChI=1S/C28H46O7/c1-24(2,33)11-9-23(32)27(5,34)22-7-6-10-28(35)17-13-19(29)18-14-20(30)21(31)15-25(18,3)16(17)8-12-26(22,28)4/h13,16,18,20-23,30-35H,6-12,14-15H2,1-5H3/t16?,18?,20-,21+,22+,23?,25?,26?,27?,28-/m1/s1. The number of carbonyl (C=O) groups is 1. The van der Waals surface area contributed by atoms with Crippen LogP contribution in [0.1, 0.15) is 92.4 Å². The Balaban J connectivity index is 1.70. The smallest absolute Gasteiger partial charge is 0.159 e. The number of aliphatic hydroxyl groups is 6. The Morgan fingerprint density at radius 2 is 1.71 bits per heavy atom. The van der Waals surface area contributed by atoms with E-state index in [1.165, 1.54) is 0 Å². The Kier molecular flexibility index (Phi) is 6.69. The minimum absolute atomic E-state index is 0.0887. The lowest BCUT2D eigenvalue weighted by Crippen LogP contribution is -2.67. The maximum Gasteiger partial charge on any atom is 0.159 e. The molecule has 0 radical (unpaired) electrons. The highest BCUT2D eigenvalue weighted by molar-refractivity contribution is 5.95. The topological polar surface area (TPSA) is 138 Å². The van der Waals surface area contributed by atoms with Crippen LogP contribution in [0.25, 0.3) is 0 Å². The van der Waals surface area contributed by atoms with Crippen molar-refractivity contribution in [2.45, 2.75) is 128 Å². The van der Waals surface area contributed by atoms with Gasteiger partial charge < -0.3 is 30.6 Å². The summed E-state index contributed by atoms with van der Waals surface area (Å²) in [6.07, 6.45) is 3.01. The Morgan fingerprint density at radius 3 is 2.34 bits per heavy atom. The summed E-state index contributed by atoms with van der Waals surface area (Å²) in [4.78, 5) is 13.3. The predicted molar refractivity (Wildman–Crippen MR) is 131 cm³/mol. The first-order chi connectivity index (χ1) is 16.0. The second kappa shape index (κ2) is 8.60. The van der Waals surface area contributed by atoms with Crippen LogP contribution in [0.4, 0.5) is 0 Å². The summed E-state index contributed by atoms with van der Waals surface area (Å²) in [5, 5.41) is 66.0. The average Bonchev–Trinajstić information content (AvgIpc) is 2.73. The van der Waals surface area contributed by atoms with Crippen molar-refractivity contribution in [1.82, 2.24) is 0 Å². The van der Waals surface area contributed by atoms with Crippen molar-refractivity contribution >= 4 is 5.78 Å². The molecule has 0 amide bonds. The molecule has 35 heavy (non-hydrogen) atoms. The molecule has 6 unspecified atom stereocenters. The van der Waals surface area contributed by atoms with Gasteiger partial charge in [0.15, 0.2) is 5.78 Å². The first-order valence-corrected chi connectivity index (χ1v) is 13.4. The van der Waals surface area contributed by atoms with Gasteiger partial charge in [0.2, 0.25) is 0 Å². The number of rotatable bonds is 5. The number of carbonyl (C=O) groups excluding carboxylic acids is 1. The van der Waals surface area contributed by atoms with Crippen LogP contribution in [0.15, 0.2) is 11.6 Å². The summed E-state index contributed by atoms with van der Waals surface area (Å²) >= 11 is 0. The fourth-order valence-corrected chi connectivity index (χ4v) is 8.53. The first-order valence-electron chi connectivity index (χ1n) is 13.4. The summed E-state index contributed by atoms with van der Waals surface area (Å²) in [5.74, 6) is -0.962. The van der Waals surface area contributed by atoms with E-state index in [0.717, 1.165) is 0 Å². The number of aliphatic hydroxyl groups excluding tert-OH is 3. The van der Waals surface area contributed by atoms with E-state index in [0.29, 0.717) is 50.5 Å². The van der Waals surface area contributed by atoms with Crippen LogP contribution >= 0.6 is 0 Å². The van der Waals surface area contributed by atoms with Crippen LogP contribution in [0.5, 0.6) is 0 Å². The molecule has 0 spiro atoms. The van der Waals surface area contributed by atoms with Crippen LogP contribution in [0.2, 0.25) is 0 Å². The molecule has 10 atom stereocenters. The van der Waals surface area contributed by atoms with Crippen molar-refractivity contribution in [2.24, 2.45) is 28.6 Å². The third-order valence-corrected chi connectivity index (χ3v) is 10.8. The van der Waals surface area contributed by atoms with E-state index in [1.54, 1.807) is 26.8 Å². The summed E-state index contributed by atoms with van der Waals surface area (Å²) in [6, 6.07) is 0. The molecule has 0 aromatic carbocycles. The minimum Gasteiger partial charge on any atom is -0.390 e. The maximum atomic E-state index is 13.3. The van der Waals surface area contributed by atoms with Gasteiger partial charge in [0.1, 0.15) is 0 Å². The Hall–Kier alpha value is -0.830. The molecule has 0 heterocycles. The lowest BCUT2D eigenvalue weighted by Gasteiger charge is -2.65. The van der Waals surface area contributed by atoms with Crippen molar-refractivity contribution in [3.05, 3.63) is 11.6 Å². The molecule has 200 valence electrons. The van der Waals surface area contributed by atoms with E-state index < -0.39 is 51.9 Å². The number of fused-ring (bicyclic) bond motifs is 5. The second-order valence-electron chi connectivity index (χ2n) is 13.5. The molecule has 0 bridgehead atoms. The van der Waals surface area contributed by atoms with E-state index in [4.69, 9.17) is 0 Å². The van der Waals surface area contributed by atoms with Gasteiger partial charge in [-0.3, -0.25) is 4.79 Å². The van der Waals surface area contributed by atoms with Gasteiger partial charge in [0.05, 0.1) is 35.1 Å². The Morgan fingerprint density at radius 1 is 1.06 bits per heavy atom. The third kappa shape index (κ3) is 4.15. The van der Waals surface area contributed by atoms with Crippen molar-refractivity contribution in [1.29, 1.82) is 0 Å². The van der Waals surface area contributed by atoms with Crippen molar-refractivity contribution < 1.29 is 35.4 Å². The number of hydrogen-bond donors (Lipinski definition) is 6. The van der Waals surface area contributed by atoms with Gasteiger partial charge in [-0.05, 0) is 107 Å². The SMILES string of the molecule is CC(C)(O)CCC(O)C(C)(O)[C@H]1CCC[C@@]2(O)C3=CC(=O)C4C[C@@H](O)[C@@H](O)CC4(C)C3CCC12C. The molecule has 0 aromatic rings.